The lowest BCUT2D eigenvalue weighted by Gasteiger charge is -2.24. The first kappa shape index (κ1) is 18.4. The van der Waals surface area contributed by atoms with Crippen molar-refractivity contribution in [1.82, 2.24) is 0 Å². The van der Waals surface area contributed by atoms with Crippen molar-refractivity contribution < 1.29 is 9.53 Å². The van der Waals surface area contributed by atoms with Crippen molar-refractivity contribution in [2.24, 2.45) is 4.99 Å². The molecule has 1 aliphatic rings. The van der Waals surface area contributed by atoms with Gasteiger partial charge in [0, 0.05) is 11.6 Å². The summed E-state index contributed by atoms with van der Waals surface area (Å²) in [7, 11) is 0. The number of hydrogen-bond acceptors (Lipinski definition) is 3. The number of benzene rings is 3. The van der Waals surface area contributed by atoms with E-state index in [0.717, 1.165) is 23.3 Å². The Balaban J connectivity index is 1.72. The van der Waals surface area contributed by atoms with E-state index in [0.29, 0.717) is 0 Å². The monoisotopic (exact) mass is 371 g/mol. The second-order valence-electron chi connectivity index (χ2n) is 8.34. The minimum absolute atomic E-state index is 0.0188. The van der Waals surface area contributed by atoms with Crippen LogP contribution in [0.5, 0.6) is 0 Å². The SMILES string of the molecule is CC(C)(C)OC(=O)[C@H]1N=C(c2ccccc2)C[C@@H]1c1ccc2ccccc2c1. The topological polar surface area (TPSA) is 38.7 Å². The molecule has 0 N–H and O–H groups in total. The molecule has 0 radical (unpaired) electrons. The molecule has 0 spiro atoms. The number of carbonyl (C=O) groups excluding carboxylic acids is 1. The molecular weight excluding hydrogens is 346 g/mol. The van der Waals surface area contributed by atoms with Gasteiger partial charge in [-0.2, -0.15) is 0 Å². The molecule has 3 heteroatoms. The van der Waals surface area contributed by atoms with Gasteiger partial charge in [0.2, 0.25) is 0 Å². The van der Waals surface area contributed by atoms with Crippen molar-refractivity contribution in [3.05, 3.63) is 83.9 Å². The van der Waals surface area contributed by atoms with Gasteiger partial charge in [-0.25, -0.2) is 4.79 Å². The van der Waals surface area contributed by atoms with E-state index in [1.807, 2.05) is 63.2 Å². The molecule has 2 atom stereocenters. The molecule has 0 fully saturated rings. The van der Waals surface area contributed by atoms with Gasteiger partial charge in [0.15, 0.2) is 6.04 Å². The number of ether oxygens (including phenoxy) is 1. The third-order valence-electron chi connectivity index (χ3n) is 5.05. The Morgan fingerprint density at radius 2 is 1.61 bits per heavy atom. The Morgan fingerprint density at radius 3 is 2.32 bits per heavy atom. The van der Waals surface area contributed by atoms with Crippen LogP contribution < -0.4 is 0 Å². The second-order valence-corrected chi connectivity index (χ2v) is 8.34. The normalized spacial score (nSPS) is 19.5. The Hall–Kier alpha value is -2.94. The molecule has 0 unspecified atom stereocenters. The highest BCUT2D eigenvalue weighted by atomic mass is 16.6. The van der Waals surface area contributed by atoms with Gasteiger partial charge in [-0.3, -0.25) is 4.99 Å². The van der Waals surface area contributed by atoms with Crippen LogP contribution in [0.2, 0.25) is 0 Å². The quantitative estimate of drug-likeness (QED) is 0.568. The summed E-state index contributed by atoms with van der Waals surface area (Å²) in [5, 5.41) is 2.37. The van der Waals surface area contributed by atoms with Gasteiger partial charge in [0.25, 0.3) is 0 Å². The van der Waals surface area contributed by atoms with Gasteiger partial charge in [-0.1, -0.05) is 72.8 Å². The molecule has 28 heavy (non-hydrogen) atoms. The van der Waals surface area contributed by atoms with Gasteiger partial charge >= 0.3 is 5.97 Å². The lowest BCUT2D eigenvalue weighted by molar-refractivity contribution is -0.156. The van der Waals surface area contributed by atoms with E-state index in [-0.39, 0.29) is 11.9 Å². The molecule has 3 nitrogen and oxygen atoms in total. The standard InChI is InChI=1S/C25H25NO2/c1-25(2,3)28-24(27)23-21(16-22(26-23)18-10-5-4-6-11-18)20-14-13-17-9-7-8-12-19(17)15-20/h4-15,21,23H,16H2,1-3H3/t21-,23+/m1/s1. The first-order valence-electron chi connectivity index (χ1n) is 9.74. The Morgan fingerprint density at radius 1 is 0.929 bits per heavy atom. The summed E-state index contributed by atoms with van der Waals surface area (Å²) < 4.78 is 5.70. The Bertz CT molecular complexity index is 1030. The molecule has 0 amide bonds. The van der Waals surface area contributed by atoms with Crippen LogP contribution in [-0.4, -0.2) is 23.3 Å². The third kappa shape index (κ3) is 3.84. The van der Waals surface area contributed by atoms with Gasteiger partial charge in [-0.15, -0.1) is 0 Å². The van der Waals surface area contributed by atoms with Crippen LogP contribution in [0, 0.1) is 0 Å². The van der Waals surface area contributed by atoms with Crippen LogP contribution in [0.15, 0.2) is 77.8 Å². The molecule has 1 heterocycles. The van der Waals surface area contributed by atoms with E-state index in [4.69, 9.17) is 9.73 Å². The van der Waals surface area contributed by atoms with Gasteiger partial charge < -0.3 is 4.74 Å². The molecular formula is C25H25NO2. The predicted molar refractivity (Wildman–Crippen MR) is 114 cm³/mol. The fourth-order valence-electron chi connectivity index (χ4n) is 3.77. The average Bonchev–Trinajstić information content (AvgIpc) is 3.13. The maximum atomic E-state index is 13.0. The zero-order chi connectivity index (χ0) is 19.7. The Kier molecular flexibility index (Phi) is 4.76. The van der Waals surface area contributed by atoms with Gasteiger partial charge in [0.05, 0.1) is 0 Å². The molecule has 0 aromatic heterocycles. The van der Waals surface area contributed by atoms with Crippen LogP contribution >= 0.6 is 0 Å². The Labute approximate surface area is 166 Å². The summed E-state index contributed by atoms with van der Waals surface area (Å²) in [5.41, 5.74) is 2.63. The van der Waals surface area contributed by atoms with E-state index in [9.17, 15) is 4.79 Å². The second kappa shape index (κ2) is 7.23. The van der Waals surface area contributed by atoms with Crippen LogP contribution in [0.3, 0.4) is 0 Å². The predicted octanol–water partition coefficient (Wildman–Crippen LogP) is 5.53. The number of hydrogen-bond donors (Lipinski definition) is 0. The number of fused-ring (bicyclic) bond motifs is 1. The molecule has 3 aromatic rings. The fraction of sp³-hybridized carbons (Fsp3) is 0.280. The number of esters is 1. The summed E-state index contributed by atoms with van der Waals surface area (Å²) in [4.78, 5) is 17.8. The summed E-state index contributed by atoms with van der Waals surface area (Å²) >= 11 is 0. The van der Waals surface area contributed by atoms with E-state index in [2.05, 4.69) is 30.3 Å². The number of carbonyl (C=O) groups is 1. The average molecular weight is 371 g/mol. The van der Waals surface area contributed by atoms with Crippen molar-refractivity contribution in [1.29, 1.82) is 0 Å². The molecule has 4 rings (SSSR count). The zero-order valence-corrected chi connectivity index (χ0v) is 16.6. The van der Waals surface area contributed by atoms with Crippen LogP contribution in [0.25, 0.3) is 10.8 Å². The highest BCUT2D eigenvalue weighted by molar-refractivity contribution is 6.04. The maximum absolute atomic E-state index is 13.0. The maximum Gasteiger partial charge on any atom is 0.332 e. The van der Waals surface area contributed by atoms with E-state index < -0.39 is 11.6 Å². The summed E-state index contributed by atoms with van der Waals surface area (Å²) in [5.74, 6) is -0.272. The fourth-order valence-corrected chi connectivity index (χ4v) is 3.77. The van der Waals surface area contributed by atoms with Gasteiger partial charge in [-0.05, 0) is 49.1 Å². The van der Waals surface area contributed by atoms with Crippen molar-refractivity contribution in [2.75, 3.05) is 0 Å². The van der Waals surface area contributed by atoms with E-state index >= 15 is 0 Å². The molecule has 1 aliphatic heterocycles. The van der Waals surface area contributed by atoms with Gasteiger partial charge in [0.1, 0.15) is 5.60 Å². The lowest BCUT2D eigenvalue weighted by atomic mass is 9.87. The number of rotatable bonds is 3. The molecule has 0 saturated carbocycles. The van der Waals surface area contributed by atoms with E-state index in [1.165, 1.54) is 10.8 Å². The van der Waals surface area contributed by atoms with Crippen molar-refractivity contribution in [3.63, 3.8) is 0 Å². The molecule has 142 valence electrons. The molecule has 0 saturated heterocycles. The minimum atomic E-state index is -0.532. The highest BCUT2D eigenvalue weighted by Gasteiger charge is 2.38. The van der Waals surface area contributed by atoms with Crippen LogP contribution in [-0.2, 0) is 9.53 Å². The number of aliphatic imine (C=N–C) groups is 1. The molecule has 0 bridgehead atoms. The number of nitrogens with zero attached hydrogens (tertiary/aromatic N) is 1. The lowest BCUT2D eigenvalue weighted by Crippen LogP contribution is -2.32. The van der Waals surface area contributed by atoms with Crippen molar-refractivity contribution in [2.45, 2.75) is 44.8 Å². The molecule has 3 aromatic carbocycles. The van der Waals surface area contributed by atoms with E-state index in [1.54, 1.807) is 0 Å². The summed E-state index contributed by atoms with van der Waals surface area (Å²) in [6.45, 7) is 5.69. The smallest absolute Gasteiger partial charge is 0.332 e. The minimum Gasteiger partial charge on any atom is -0.458 e. The molecule has 0 aliphatic carbocycles. The zero-order valence-electron chi connectivity index (χ0n) is 16.6. The van der Waals surface area contributed by atoms with Crippen LogP contribution in [0.1, 0.15) is 44.2 Å². The largest absolute Gasteiger partial charge is 0.458 e. The summed E-state index contributed by atoms with van der Waals surface area (Å²) in [6.07, 6.45) is 0.728. The van der Waals surface area contributed by atoms with Crippen molar-refractivity contribution in [3.8, 4) is 0 Å². The summed E-state index contributed by atoms with van der Waals surface area (Å²) in [6, 6.07) is 24.3. The first-order valence-corrected chi connectivity index (χ1v) is 9.74. The van der Waals surface area contributed by atoms with Crippen molar-refractivity contribution >= 4 is 22.5 Å². The van der Waals surface area contributed by atoms with Crippen LogP contribution in [0.4, 0.5) is 0 Å². The third-order valence-corrected chi connectivity index (χ3v) is 5.05. The first-order chi connectivity index (χ1) is 13.4. The highest BCUT2D eigenvalue weighted by Crippen LogP contribution is 2.36.